The number of aromatic amines is 2. The highest BCUT2D eigenvalue weighted by molar-refractivity contribution is 5.88. The Labute approximate surface area is 224 Å². The van der Waals surface area contributed by atoms with Crippen molar-refractivity contribution in [3.05, 3.63) is 53.3 Å². The molecule has 3 aromatic heterocycles. The first kappa shape index (κ1) is 24.8. The van der Waals surface area contributed by atoms with Crippen molar-refractivity contribution in [3.8, 4) is 0 Å². The fourth-order valence-corrected chi connectivity index (χ4v) is 6.28. The van der Waals surface area contributed by atoms with E-state index in [1.165, 1.54) is 59.8 Å². The number of rotatable bonds is 4. The van der Waals surface area contributed by atoms with Crippen LogP contribution in [0.4, 0.5) is 16.3 Å². The number of fused-ring (bicyclic) bond motifs is 4. The van der Waals surface area contributed by atoms with Gasteiger partial charge in [0.1, 0.15) is 17.1 Å². The molecule has 0 bridgehead atoms. The van der Waals surface area contributed by atoms with Crippen molar-refractivity contribution in [1.82, 2.24) is 19.9 Å². The highest BCUT2D eigenvalue weighted by Gasteiger charge is 2.30. The monoisotopic (exact) mass is 513 g/mol. The van der Waals surface area contributed by atoms with Crippen LogP contribution in [0, 0.1) is 0 Å². The Morgan fingerprint density at radius 2 is 1.87 bits per heavy atom. The number of pyridine rings is 1. The summed E-state index contributed by atoms with van der Waals surface area (Å²) < 4.78 is 5.60. The molecule has 0 aliphatic heterocycles. The van der Waals surface area contributed by atoms with Gasteiger partial charge in [0, 0.05) is 47.0 Å². The fourth-order valence-electron chi connectivity index (χ4n) is 6.28. The standard InChI is InChI=1S/C31H39N5O2/c1-31(2,3)38-30(37)36(4)21-11-14-26-24(17-21)23-13-15-28(35-29(23)34-26)33-20-10-12-22-25(18-32-27(22)16-20)19-8-6-5-7-9-19/h10,12-13,15-16,18-19,21,32H,5-9,11,14,17H2,1-4H3,(H2,33,34,35). The summed E-state index contributed by atoms with van der Waals surface area (Å²) in [5, 5.41) is 5.97. The summed E-state index contributed by atoms with van der Waals surface area (Å²) in [5.74, 6) is 1.50. The SMILES string of the molecule is CN(C(=O)OC(C)(C)C)C1CCc2[nH]c3nc(Nc4ccc5c(C6CCCCC6)c[nH]c5c4)ccc3c2C1. The zero-order chi connectivity index (χ0) is 26.4. The highest BCUT2D eigenvalue weighted by Crippen LogP contribution is 2.37. The van der Waals surface area contributed by atoms with Gasteiger partial charge in [-0.15, -0.1) is 0 Å². The van der Waals surface area contributed by atoms with Crippen LogP contribution in [0.3, 0.4) is 0 Å². The van der Waals surface area contributed by atoms with Gasteiger partial charge in [-0.3, -0.25) is 0 Å². The number of carbonyl (C=O) groups is 1. The van der Waals surface area contributed by atoms with Crippen LogP contribution in [0.5, 0.6) is 0 Å². The first-order valence-electron chi connectivity index (χ1n) is 14.1. The van der Waals surface area contributed by atoms with Gasteiger partial charge in [0.05, 0.1) is 0 Å². The maximum absolute atomic E-state index is 12.6. The molecule has 1 aromatic carbocycles. The first-order chi connectivity index (χ1) is 18.2. The van der Waals surface area contributed by atoms with E-state index in [2.05, 4.69) is 45.7 Å². The minimum absolute atomic E-state index is 0.111. The second-order valence-corrected chi connectivity index (χ2v) is 12.1. The lowest BCUT2D eigenvalue weighted by atomic mass is 9.84. The Morgan fingerprint density at radius 3 is 2.66 bits per heavy atom. The number of likely N-dealkylation sites (N-methyl/N-ethyl adjacent to an activating group) is 1. The molecule has 0 saturated heterocycles. The van der Waals surface area contributed by atoms with Crippen LogP contribution in [-0.4, -0.2) is 44.6 Å². The number of carbonyl (C=O) groups excluding carboxylic acids is 1. The molecule has 1 amide bonds. The summed E-state index contributed by atoms with van der Waals surface area (Å²) in [7, 11) is 1.85. The van der Waals surface area contributed by atoms with Crippen molar-refractivity contribution >= 4 is 39.5 Å². The molecule has 1 fully saturated rings. The molecule has 0 radical (unpaired) electrons. The number of amides is 1. The molecule has 38 heavy (non-hydrogen) atoms. The molecule has 3 heterocycles. The molecule has 1 atom stereocenters. The van der Waals surface area contributed by atoms with Crippen LogP contribution in [0.1, 0.15) is 82.0 Å². The maximum Gasteiger partial charge on any atom is 0.410 e. The smallest absolute Gasteiger partial charge is 0.410 e. The van der Waals surface area contributed by atoms with E-state index >= 15 is 0 Å². The highest BCUT2D eigenvalue weighted by atomic mass is 16.6. The van der Waals surface area contributed by atoms with E-state index < -0.39 is 5.60 Å². The average Bonchev–Trinajstić information content (AvgIpc) is 3.48. The van der Waals surface area contributed by atoms with Crippen LogP contribution in [0.15, 0.2) is 36.5 Å². The second kappa shape index (κ2) is 9.68. The molecule has 7 heteroatoms. The van der Waals surface area contributed by atoms with Crippen LogP contribution >= 0.6 is 0 Å². The third-order valence-electron chi connectivity index (χ3n) is 8.28. The number of nitrogens with zero attached hydrogens (tertiary/aromatic N) is 2. The minimum Gasteiger partial charge on any atom is -0.444 e. The largest absolute Gasteiger partial charge is 0.444 e. The van der Waals surface area contributed by atoms with Gasteiger partial charge in [0.25, 0.3) is 0 Å². The van der Waals surface area contributed by atoms with Crippen LogP contribution in [-0.2, 0) is 17.6 Å². The molecule has 7 nitrogen and oxygen atoms in total. The van der Waals surface area contributed by atoms with E-state index in [9.17, 15) is 4.79 Å². The van der Waals surface area contributed by atoms with Crippen molar-refractivity contribution in [2.24, 2.45) is 0 Å². The summed E-state index contributed by atoms with van der Waals surface area (Å²) in [6.07, 6.45) is 11.2. The van der Waals surface area contributed by atoms with Crippen LogP contribution in [0.2, 0.25) is 0 Å². The number of hydrogen-bond acceptors (Lipinski definition) is 4. The molecule has 1 unspecified atom stereocenters. The molecular weight excluding hydrogens is 474 g/mol. The van der Waals surface area contributed by atoms with Gasteiger partial charge in [0.15, 0.2) is 0 Å². The van der Waals surface area contributed by atoms with Crippen molar-refractivity contribution in [3.63, 3.8) is 0 Å². The lowest BCUT2D eigenvalue weighted by molar-refractivity contribution is 0.0210. The zero-order valence-corrected chi connectivity index (χ0v) is 23.0. The molecule has 6 rings (SSSR count). The summed E-state index contributed by atoms with van der Waals surface area (Å²) in [5.41, 5.74) is 6.54. The van der Waals surface area contributed by atoms with E-state index in [1.54, 1.807) is 4.90 Å². The van der Waals surface area contributed by atoms with E-state index in [1.807, 2.05) is 33.9 Å². The topological polar surface area (TPSA) is 86.0 Å². The van der Waals surface area contributed by atoms with Crippen molar-refractivity contribution < 1.29 is 9.53 Å². The van der Waals surface area contributed by atoms with Gasteiger partial charge >= 0.3 is 6.09 Å². The summed E-state index contributed by atoms with van der Waals surface area (Å²) in [6, 6.07) is 10.9. The van der Waals surface area contributed by atoms with Gasteiger partial charge in [-0.2, -0.15) is 0 Å². The number of aromatic nitrogens is 3. The van der Waals surface area contributed by atoms with Gasteiger partial charge < -0.3 is 24.9 Å². The number of anilines is 2. The normalized spacial score (nSPS) is 18.5. The van der Waals surface area contributed by atoms with Crippen LogP contribution in [0.25, 0.3) is 21.9 Å². The van der Waals surface area contributed by atoms with Gasteiger partial charge in [-0.05, 0) is 94.2 Å². The lowest BCUT2D eigenvalue weighted by Gasteiger charge is -2.33. The van der Waals surface area contributed by atoms with E-state index in [4.69, 9.17) is 9.72 Å². The molecule has 4 aromatic rings. The van der Waals surface area contributed by atoms with Gasteiger partial charge in [-0.25, -0.2) is 9.78 Å². The van der Waals surface area contributed by atoms with Crippen molar-refractivity contribution in [2.75, 3.05) is 12.4 Å². The molecular formula is C31H39N5O2. The number of ether oxygens (including phenoxy) is 1. The molecule has 200 valence electrons. The lowest BCUT2D eigenvalue weighted by Crippen LogP contribution is -2.43. The summed E-state index contributed by atoms with van der Waals surface area (Å²) in [4.78, 5) is 26.3. The Hall–Kier alpha value is -3.48. The number of nitrogens with one attached hydrogen (secondary N) is 3. The summed E-state index contributed by atoms with van der Waals surface area (Å²) in [6.45, 7) is 5.71. The number of H-pyrrole nitrogens is 2. The third kappa shape index (κ3) is 4.86. The number of benzene rings is 1. The van der Waals surface area contributed by atoms with Crippen molar-refractivity contribution in [1.29, 1.82) is 0 Å². The predicted octanol–water partition coefficient (Wildman–Crippen LogP) is 7.56. The van der Waals surface area contributed by atoms with Crippen molar-refractivity contribution in [2.45, 2.75) is 89.7 Å². The predicted molar refractivity (Wildman–Crippen MR) is 153 cm³/mol. The van der Waals surface area contributed by atoms with Gasteiger partial charge in [-0.1, -0.05) is 25.3 Å². The van der Waals surface area contributed by atoms with E-state index in [0.717, 1.165) is 41.8 Å². The quantitative estimate of drug-likeness (QED) is 0.263. The second-order valence-electron chi connectivity index (χ2n) is 12.1. The van der Waals surface area contributed by atoms with Gasteiger partial charge in [0.2, 0.25) is 0 Å². The Morgan fingerprint density at radius 1 is 1.08 bits per heavy atom. The molecule has 2 aliphatic carbocycles. The van der Waals surface area contributed by atoms with E-state index in [-0.39, 0.29) is 12.1 Å². The summed E-state index contributed by atoms with van der Waals surface area (Å²) >= 11 is 0. The fraction of sp³-hybridized carbons (Fsp3) is 0.484. The number of aryl methyl sites for hydroxylation is 1. The average molecular weight is 514 g/mol. The molecule has 1 saturated carbocycles. The number of hydrogen-bond donors (Lipinski definition) is 3. The Kier molecular flexibility index (Phi) is 6.33. The third-order valence-corrected chi connectivity index (χ3v) is 8.28. The molecule has 3 N–H and O–H groups in total. The Bertz CT molecular complexity index is 1470. The van der Waals surface area contributed by atoms with E-state index in [0.29, 0.717) is 5.92 Å². The maximum atomic E-state index is 12.6. The van der Waals surface area contributed by atoms with Crippen LogP contribution < -0.4 is 5.32 Å². The molecule has 2 aliphatic rings. The Balaban J connectivity index is 1.18. The minimum atomic E-state index is -0.498. The first-order valence-corrected chi connectivity index (χ1v) is 14.1. The molecule has 0 spiro atoms. The zero-order valence-electron chi connectivity index (χ0n) is 23.0.